The van der Waals surface area contributed by atoms with Gasteiger partial charge >= 0.3 is 0 Å². The molecule has 1 nitrogen and oxygen atoms in total. The second kappa shape index (κ2) is 5.34. The number of hydrogen-bond acceptors (Lipinski definition) is 1. The zero-order chi connectivity index (χ0) is 10.7. The highest BCUT2D eigenvalue weighted by molar-refractivity contribution is 4.86. The molecule has 0 aromatic rings. The van der Waals surface area contributed by atoms with Crippen molar-refractivity contribution in [2.75, 3.05) is 0 Å². The molecule has 0 amide bonds. The summed E-state index contributed by atoms with van der Waals surface area (Å²) in [4.78, 5) is 0. The van der Waals surface area contributed by atoms with Gasteiger partial charge in [0.2, 0.25) is 0 Å². The van der Waals surface area contributed by atoms with Crippen molar-refractivity contribution in [1.82, 2.24) is 5.32 Å². The van der Waals surface area contributed by atoms with E-state index in [1.165, 1.54) is 51.4 Å². The second-order valence-corrected chi connectivity index (χ2v) is 5.83. The Labute approximate surface area is 95.0 Å². The molecule has 1 unspecified atom stereocenters. The molecule has 0 heterocycles. The Hall–Kier alpha value is -0.0400. The van der Waals surface area contributed by atoms with E-state index >= 15 is 0 Å². The van der Waals surface area contributed by atoms with Crippen LogP contribution in [-0.2, 0) is 0 Å². The second-order valence-electron chi connectivity index (χ2n) is 5.83. The predicted octanol–water partition coefficient (Wildman–Crippen LogP) is 3.73. The number of rotatable bonds is 4. The normalized spacial score (nSPS) is 28.4. The molecule has 15 heavy (non-hydrogen) atoms. The van der Waals surface area contributed by atoms with Crippen molar-refractivity contribution in [3.05, 3.63) is 0 Å². The lowest BCUT2D eigenvalue weighted by atomic mass is 9.92. The highest BCUT2D eigenvalue weighted by Crippen LogP contribution is 2.33. The SMILES string of the molecule is CC(N[C@@H](C)C1CCCCCC1)C1CC1. The summed E-state index contributed by atoms with van der Waals surface area (Å²) in [7, 11) is 0. The average Bonchev–Trinajstić information content (AvgIpc) is 3.05. The molecular weight excluding hydrogens is 182 g/mol. The lowest BCUT2D eigenvalue weighted by Crippen LogP contribution is -2.40. The van der Waals surface area contributed by atoms with E-state index in [4.69, 9.17) is 0 Å². The van der Waals surface area contributed by atoms with E-state index < -0.39 is 0 Å². The Balaban J connectivity index is 1.74. The van der Waals surface area contributed by atoms with E-state index in [1.54, 1.807) is 0 Å². The van der Waals surface area contributed by atoms with Crippen LogP contribution in [0.2, 0.25) is 0 Å². The summed E-state index contributed by atoms with van der Waals surface area (Å²) in [6.07, 6.45) is 11.7. The summed E-state index contributed by atoms with van der Waals surface area (Å²) in [5.74, 6) is 1.95. The van der Waals surface area contributed by atoms with E-state index in [2.05, 4.69) is 19.2 Å². The Kier molecular flexibility index (Phi) is 4.07. The zero-order valence-electron chi connectivity index (χ0n) is 10.5. The molecule has 1 heteroatoms. The van der Waals surface area contributed by atoms with Gasteiger partial charge in [0.25, 0.3) is 0 Å². The first-order chi connectivity index (χ1) is 7.27. The number of hydrogen-bond donors (Lipinski definition) is 1. The van der Waals surface area contributed by atoms with E-state index in [1.807, 2.05) is 0 Å². The Bertz CT molecular complexity index is 178. The van der Waals surface area contributed by atoms with Crippen LogP contribution < -0.4 is 5.32 Å². The van der Waals surface area contributed by atoms with Crippen LogP contribution in [0.1, 0.15) is 65.2 Å². The van der Waals surface area contributed by atoms with Gasteiger partial charge in [0.15, 0.2) is 0 Å². The first-order valence-corrected chi connectivity index (χ1v) is 7.03. The standard InChI is InChI=1S/C14H27N/c1-11(15-12(2)14-9-10-14)13-7-5-3-4-6-8-13/h11-15H,3-10H2,1-2H3/t11-,12?/m0/s1. The van der Waals surface area contributed by atoms with Gasteiger partial charge in [0.05, 0.1) is 0 Å². The molecule has 0 aromatic heterocycles. The summed E-state index contributed by atoms with van der Waals surface area (Å²) in [5, 5.41) is 3.84. The maximum atomic E-state index is 3.84. The van der Waals surface area contributed by atoms with Crippen LogP contribution in [-0.4, -0.2) is 12.1 Å². The van der Waals surface area contributed by atoms with Crippen LogP contribution in [0.5, 0.6) is 0 Å². The summed E-state index contributed by atoms with van der Waals surface area (Å²) in [5.41, 5.74) is 0. The van der Waals surface area contributed by atoms with Crippen molar-refractivity contribution in [3.8, 4) is 0 Å². The lowest BCUT2D eigenvalue weighted by Gasteiger charge is -2.27. The van der Waals surface area contributed by atoms with Gasteiger partial charge in [-0.05, 0) is 51.4 Å². The van der Waals surface area contributed by atoms with Gasteiger partial charge < -0.3 is 5.32 Å². The summed E-state index contributed by atoms with van der Waals surface area (Å²) in [6, 6.07) is 1.52. The van der Waals surface area contributed by atoms with Crippen molar-refractivity contribution in [2.24, 2.45) is 11.8 Å². The van der Waals surface area contributed by atoms with E-state index in [-0.39, 0.29) is 0 Å². The van der Waals surface area contributed by atoms with Crippen LogP contribution >= 0.6 is 0 Å². The highest BCUT2D eigenvalue weighted by Gasteiger charge is 2.30. The van der Waals surface area contributed by atoms with Gasteiger partial charge in [-0.3, -0.25) is 0 Å². The smallest absolute Gasteiger partial charge is 0.00695 e. The van der Waals surface area contributed by atoms with Gasteiger partial charge in [-0.1, -0.05) is 25.7 Å². The van der Waals surface area contributed by atoms with Gasteiger partial charge in [0, 0.05) is 12.1 Å². The van der Waals surface area contributed by atoms with Crippen LogP contribution in [0.25, 0.3) is 0 Å². The van der Waals surface area contributed by atoms with Crippen LogP contribution in [0, 0.1) is 11.8 Å². The van der Waals surface area contributed by atoms with Crippen molar-refractivity contribution in [3.63, 3.8) is 0 Å². The largest absolute Gasteiger partial charge is 0.311 e. The summed E-state index contributed by atoms with van der Waals surface area (Å²) >= 11 is 0. The molecule has 0 radical (unpaired) electrons. The third-order valence-electron chi connectivity index (χ3n) is 4.46. The molecule has 2 rings (SSSR count). The Morgan fingerprint density at radius 3 is 1.67 bits per heavy atom. The molecule has 0 aliphatic heterocycles. The van der Waals surface area contributed by atoms with Crippen LogP contribution in [0.3, 0.4) is 0 Å². The highest BCUT2D eigenvalue weighted by atomic mass is 15.0. The monoisotopic (exact) mass is 209 g/mol. The fraction of sp³-hybridized carbons (Fsp3) is 1.00. The van der Waals surface area contributed by atoms with Gasteiger partial charge in [-0.25, -0.2) is 0 Å². The molecule has 2 aliphatic rings. The fourth-order valence-corrected chi connectivity index (χ4v) is 3.09. The Morgan fingerprint density at radius 2 is 1.20 bits per heavy atom. The molecule has 0 saturated heterocycles. The summed E-state index contributed by atoms with van der Waals surface area (Å²) in [6.45, 7) is 4.79. The molecule has 2 aliphatic carbocycles. The van der Waals surface area contributed by atoms with Crippen LogP contribution in [0.4, 0.5) is 0 Å². The maximum absolute atomic E-state index is 3.84. The maximum Gasteiger partial charge on any atom is 0.00695 e. The molecule has 2 fully saturated rings. The van der Waals surface area contributed by atoms with Crippen molar-refractivity contribution in [2.45, 2.75) is 77.3 Å². The molecule has 2 atom stereocenters. The molecule has 0 aromatic carbocycles. The van der Waals surface area contributed by atoms with E-state index in [9.17, 15) is 0 Å². The fourth-order valence-electron chi connectivity index (χ4n) is 3.09. The van der Waals surface area contributed by atoms with Gasteiger partial charge in [-0.2, -0.15) is 0 Å². The van der Waals surface area contributed by atoms with Gasteiger partial charge in [-0.15, -0.1) is 0 Å². The molecule has 0 bridgehead atoms. The van der Waals surface area contributed by atoms with Gasteiger partial charge in [0.1, 0.15) is 0 Å². The molecule has 2 saturated carbocycles. The Morgan fingerprint density at radius 1 is 0.733 bits per heavy atom. The van der Waals surface area contributed by atoms with E-state index in [0.29, 0.717) is 0 Å². The average molecular weight is 209 g/mol. The zero-order valence-corrected chi connectivity index (χ0v) is 10.5. The first-order valence-electron chi connectivity index (χ1n) is 7.03. The molecule has 88 valence electrons. The molecule has 0 spiro atoms. The van der Waals surface area contributed by atoms with Crippen molar-refractivity contribution >= 4 is 0 Å². The molecule has 1 N–H and O–H groups in total. The predicted molar refractivity (Wildman–Crippen MR) is 66.0 cm³/mol. The van der Waals surface area contributed by atoms with E-state index in [0.717, 1.165) is 23.9 Å². The minimum absolute atomic E-state index is 0.749. The first kappa shape index (κ1) is 11.4. The molecular formula is C14H27N. The third-order valence-corrected chi connectivity index (χ3v) is 4.46. The topological polar surface area (TPSA) is 12.0 Å². The quantitative estimate of drug-likeness (QED) is 0.696. The summed E-state index contributed by atoms with van der Waals surface area (Å²) < 4.78 is 0. The minimum atomic E-state index is 0.749. The minimum Gasteiger partial charge on any atom is -0.311 e. The lowest BCUT2D eigenvalue weighted by molar-refractivity contribution is 0.304. The number of nitrogens with one attached hydrogen (secondary N) is 1. The third kappa shape index (κ3) is 3.48. The van der Waals surface area contributed by atoms with Crippen molar-refractivity contribution in [1.29, 1.82) is 0 Å². The van der Waals surface area contributed by atoms with Crippen LogP contribution in [0.15, 0.2) is 0 Å². The van der Waals surface area contributed by atoms with Crippen molar-refractivity contribution < 1.29 is 0 Å².